The van der Waals surface area contributed by atoms with Crippen LogP contribution < -0.4 is 10.6 Å². The van der Waals surface area contributed by atoms with Gasteiger partial charge >= 0.3 is 0 Å². The van der Waals surface area contributed by atoms with E-state index in [0.29, 0.717) is 29.7 Å². The molecule has 5 heteroatoms. The summed E-state index contributed by atoms with van der Waals surface area (Å²) in [7, 11) is 0. The number of carbonyl (C=O) groups excluding carboxylic acids is 1. The average molecular weight is 261 g/mol. The Bertz CT molecular complexity index is 369. The summed E-state index contributed by atoms with van der Waals surface area (Å²) in [4.78, 5) is 10.6. The molecule has 3 nitrogen and oxygen atoms in total. The summed E-state index contributed by atoms with van der Waals surface area (Å²) in [5.41, 5.74) is 0.994. The first-order valence-corrected chi connectivity index (χ1v) is 5.74. The zero-order valence-corrected chi connectivity index (χ0v) is 10.5. The molecule has 0 aliphatic heterocycles. The van der Waals surface area contributed by atoms with Crippen molar-refractivity contribution in [2.45, 2.75) is 13.5 Å². The first kappa shape index (κ1) is 13.3. The van der Waals surface area contributed by atoms with E-state index in [0.717, 1.165) is 5.56 Å². The molecule has 0 aliphatic carbocycles. The largest absolute Gasteiger partial charge is 0.355 e. The number of benzene rings is 1. The van der Waals surface area contributed by atoms with Crippen molar-refractivity contribution in [3.8, 4) is 0 Å². The number of hydrogen-bond acceptors (Lipinski definition) is 2. The van der Waals surface area contributed by atoms with E-state index in [2.05, 4.69) is 10.6 Å². The Labute approximate surface area is 105 Å². The Hall–Kier alpha value is -0.770. The van der Waals surface area contributed by atoms with Gasteiger partial charge in [0.05, 0.1) is 0 Å². The summed E-state index contributed by atoms with van der Waals surface area (Å²) in [6, 6.07) is 5.41. The van der Waals surface area contributed by atoms with Gasteiger partial charge < -0.3 is 10.6 Å². The Kier molecular flexibility index (Phi) is 5.60. The first-order valence-electron chi connectivity index (χ1n) is 4.98. The van der Waals surface area contributed by atoms with Crippen LogP contribution in [-0.4, -0.2) is 19.0 Å². The lowest BCUT2D eigenvalue weighted by atomic mass is 10.2. The van der Waals surface area contributed by atoms with Gasteiger partial charge in [0.15, 0.2) is 0 Å². The van der Waals surface area contributed by atoms with Crippen LogP contribution in [-0.2, 0) is 11.3 Å². The number of nitrogens with one attached hydrogen (secondary N) is 2. The van der Waals surface area contributed by atoms with Crippen LogP contribution in [0.5, 0.6) is 0 Å². The Morgan fingerprint density at radius 2 is 2.06 bits per heavy atom. The molecule has 1 aromatic rings. The molecule has 0 fully saturated rings. The van der Waals surface area contributed by atoms with Crippen molar-refractivity contribution < 1.29 is 4.79 Å². The van der Waals surface area contributed by atoms with Crippen LogP contribution in [0.25, 0.3) is 0 Å². The normalized spacial score (nSPS) is 10.2. The van der Waals surface area contributed by atoms with E-state index in [1.165, 1.54) is 6.92 Å². The Balaban J connectivity index is 2.29. The summed E-state index contributed by atoms with van der Waals surface area (Å²) in [6.45, 7) is 3.48. The third-order valence-electron chi connectivity index (χ3n) is 2.01. The molecular formula is C11H14Cl2N2O. The molecule has 0 atom stereocenters. The van der Waals surface area contributed by atoms with Gasteiger partial charge in [-0.1, -0.05) is 29.3 Å². The van der Waals surface area contributed by atoms with Crippen LogP contribution in [0, 0.1) is 0 Å². The second-order valence-electron chi connectivity index (χ2n) is 3.40. The molecule has 0 saturated carbocycles. The summed E-state index contributed by atoms with van der Waals surface area (Å²) in [6.07, 6.45) is 0. The summed E-state index contributed by atoms with van der Waals surface area (Å²) >= 11 is 11.8. The lowest BCUT2D eigenvalue weighted by molar-refractivity contribution is -0.118. The molecule has 0 heterocycles. The number of carbonyl (C=O) groups is 1. The van der Waals surface area contributed by atoms with Crippen molar-refractivity contribution in [1.82, 2.24) is 10.6 Å². The van der Waals surface area contributed by atoms with Crippen LogP contribution >= 0.6 is 23.2 Å². The quantitative estimate of drug-likeness (QED) is 0.798. The monoisotopic (exact) mass is 260 g/mol. The van der Waals surface area contributed by atoms with E-state index in [4.69, 9.17) is 23.2 Å². The molecule has 0 aromatic heterocycles. The van der Waals surface area contributed by atoms with Crippen molar-refractivity contribution in [3.63, 3.8) is 0 Å². The van der Waals surface area contributed by atoms with Gasteiger partial charge in [-0.2, -0.15) is 0 Å². The van der Waals surface area contributed by atoms with Crippen molar-refractivity contribution in [1.29, 1.82) is 0 Å². The third kappa shape index (κ3) is 4.84. The van der Waals surface area contributed by atoms with Gasteiger partial charge in [-0.15, -0.1) is 0 Å². The van der Waals surface area contributed by atoms with E-state index < -0.39 is 0 Å². The molecule has 0 bridgehead atoms. The molecule has 1 aromatic carbocycles. The molecule has 0 saturated heterocycles. The fraction of sp³-hybridized carbons (Fsp3) is 0.364. The smallest absolute Gasteiger partial charge is 0.216 e. The molecule has 0 unspecified atom stereocenters. The number of rotatable bonds is 5. The van der Waals surface area contributed by atoms with Crippen molar-refractivity contribution in [3.05, 3.63) is 33.8 Å². The predicted molar refractivity (Wildman–Crippen MR) is 66.9 cm³/mol. The molecule has 16 heavy (non-hydrogen) atoms. The summed E-state index contributed by atoms with van der Waals surface area (Å²) in [5, 5.41) is 7.16. The van der Waals surface area contributed by atoms with Gasteiger partial charge in [0, 0.05) is 36.6 Å². The van der Waals surface area contributed by atoms with Crippen LogP contribution in [0.3, 0.4) is 0 Å². The molecule has 0 aliphatic rings. The molecule has 1 amide bonds. The van der Waals surface area contributed by atoms with E-state index in [-0.39, 0.29) is 5.91 Å². The number of hydrogen-bond donors (Lipinski definition) is 2. The minimum absolute atomic E-state index is 0.0219. The topological polar surface area (TPSA) is 41.1 Å². The maximum atomic E-state index is 10.6. The van der Waals surface area contributed by atoms with Gasteiger partial charge in [-0.3, -0.25) is 4.79 Å². The van der Waals surface area contributed by atoms with Gasteiger partial charge in [-0.05, 0) is 17.7 Å². The SMILES string of the molecule is CC(=O)NCCNCc1ccc(Cl)cc1Cl. The summed E-state index contributed by atoms with van der Waals surface area (Å²) in [5.74, 6) is -0.0219. The molecule has 88 valence electrons. The van der Waals surface area contributed by atoms with Crippen molar-refractivity contribution in [2.75, 3.05) is 13.1 Å². The molecular weight excluding hydrogens is 247 g/mol. The minimum atomic E-state index is -0.0219. The lowest BCUT2D eigenvalue weighted by Crippen LogP contribution is -2.29. The fourth-order valence-electron chi connectivity index (χ4n) is 1.22. The second kappa shape index (κ2) is 6.74. The molecule has 0 spiro atoms. The molecule has 1 rings (SSSR count). The minimum Gasteiger partial charge on any atom is -0.355 e. The van der Waals surface area contributed by atoms with Crippen LogP contribution in [0.2, 0.25) is 10.0 Å². The van der Waals surface area contributed by atoms with Gasteiger partial charge in [0.1, 0.15) is 0 Å². The number of amides is 1. The lowest BCUT2D eigenvalue weighted by Gasteiger charge is -2.07. The van der Waals surface area contributed by atoms with Crippen LogP contribution in [0.1, 0.15) is 12.5 Å². The van der Waals surface area contributed by atoms with Crippen molar-refractivity contribution in [2.24, 2.45) is 0 Å². The Morgan fingerprint density at radius 1 is 1.31 bits per heavy atom. The first-order chi connectivity index (χ1) is 7.59. The Morgan fingerprint density at radius 3 is 2.69 bits per heavy atom. The maximum absolute atomic E-state index is 10.6. The highest BCUT2D eigenvalue weighted by molar-refractivity contribution is 6.35. The highest BCUT2D eigenvalue weighted by Crippen LogP contribution is 2.20. The van der Waals surface area contributed by atoms with E-state index in [1.54, 1.807) is 12.1 Å². The highest BCUT2D eigenvalue weighted by atomic mass is 35.5. The number of halogens is 2. The predicted octanol–water partition coefficient (Wildman–Crippen LogP) is 2.22. The van der Waals surface area contributed by atoms with E-state index >= 15 is 0 Å². The highest BCUT2D eigenvalue weighted by Gasteiger charge is 2.00. The van der Waals surface area contributed by atoms with Gasteiger partial charge in [-0.25, -0.2) is 0 Å². The third-order valence-corrected chi connectivity index (χ3v) is 2.59. The van der Waals surface area contributed by atoms with E-state index in [9.17, 15) is 4.79 Å². The zero-order valence-electron chi connectivity index (χ0n) is 9.02. The molecule has 0 radical (unpaired) electrons. The van der Waals surface area contributed by atoms with Crippen LogP contribution in [0.15, 0.2) is 18.2 Å². The van der Waals surface area contributed by atoms with Crippen LogP contribution in [0.4, 0.5) is 0 Å². The van der Waals surface area contributed by atoms with Gasteiger partial charge in [0.2, 0.25) is 5.91 Å². The standard InChI is InChI=1S/C11H14Cl2N2O/c1-8(16)15-5-4-14-7-9-2-3-10(12)6-11(9)13/h2-3,6,14H,4-5,7H2,1H3,(H,15,16). The van der Waals surface area contributed by atoms with Gasteiger partial charge in [0.25, 0.3) is 0 Å². The average Bonchev–Trinajstić information content (AvgIpc) is 2.20. The van der Waals surface area contributed by atoms with Crippen molar-refractivity contribution >= 4 is 29.1 Å². The maximum Gasteiger partial charge on any atom is 0.216 e. The summed E-state index contributed by atoms with van der Waals surface area (Å²) < 4.78 is 0. The second-order valence-corrected chi connectivity index (χ2v) is 4.24. The fourth-order valence-corrected chi connectivity index (χ4v) is 1.69. The van der Waals surface area contributed by atoms with E-state index in [1.807, 2.05) is 6.07 Å². The molecule has 2 N–H and O–H groups in total. The zero-order chi connectivity index (χ0) is 12.0.